The van der Waals surface area contributed by atoms with Crippen molar-refractivity contribution in [2.24, 2.45) is 0 Å². The van der Waals surface area contributed by atoms with Crippen molar-refractivity contribution in [2.75, 3.05) is 0 Å². The standard InChI is InChI=1S/C10H12F2.C8H11N4P/c1-3-8-5-4-6-9(7-8)10(2,11)12;1-4-5(2)12-6(3)10-11-8(12)9-7(4)13/h4-7H,3H2,1-2H3;13H2,1-3H3. The molecule has 0 bridgehead atoms. The first-order valence-electron chi connectivity index (χ1n) is 8.06. The van der Waals surface area contributed by atoms with E-state index < -0.39 is 5.92 Å². The van der Waals surface area contributed by atoms with E-state index in [2.05, 4.69) is 24.4 Å². The zero-order valence-electron chi connectivity index (χ0n) is 15.1. The van der Waals surface area contributed by atoms with Crippen LogP contribution in [0.5, 0.6) is 0 Å². The normalized spacial score (nSPS) is 11.4. The van der Waals surface area contributed by atoms with Crippen molar-refractivity contribution >= 4 is 20.5 Å². The predicted molar refractivity (Wildman–Crippen MR) is 99.7 cm³/mol. The molecule has 0 spiro atoms. The topological polar surface area (TPSA) is 43.1 Å². The van der Waals surface area contributed by atoms with Crippen LogP contribution in [0, 0.1) is 20.8 Å². The van der Waals surface area contributed by atoms with E-state index >= 15 is 0 Å². The molecule has 7 heteroatoms. The van der Waals surface area contributed by atoms with Crippen molar-refractivity contribution in [3.8, 4) is 0 Å². The van der Waals surface area contributed by atoms with E-state index in [1.165, 1.54) is 11.6 Å². The molecule has 0 saturated heterocycles. The molecule has 0 N–H and O–H groups in total. The fraction of sp³-hybridized carbons (Fsp3) is 0.389. The fourth-order valence-corrected chi connectivity index (χ4v) is 2.75. The molecule has 25 heavy (non-hydrogen) atoms. The van der Waals surface area contributed by atoms with Crippen LogP contribution in [0.1, 0.15) is 42.1 Å². The first kappa shape index (κ1) is 19.4. The monoisotopic (exact) mass is 364 g/mol. The summed E-state index contributed by atoms with van der Waals surface area (Å²) in [5.74, 6) is -1.16. The number of alkyl halides is 2. The lowest BCUT2D eigenvalue weighted by molar-refractivity contribution is 0.0174. The van der Waals surface area contributed by atoms with Crippen LogP contribution in [0.2, 0.25) is 0 Å². The Morgan fingerprint density at radius 2 is 1.84 bits per heavy atom. The number of fused-ring (bicyclic) bond motifs is 1. The van der Waals surface area contributed by atoms with E-state index in [0.717, 1.165) is 35.9 Å². The summed E-state index contributed by atoms with van der Waals surface area (Å²) in [6.45, 7) is 8.89. The van der Waals surface area contributed by atoms with Gasteiger partial charge in [0.05, 0.1) is 5.44 Å². The van der Waals surface area contributed by atoms with E-state index in [4.69, 9.17) is 0 Å². The van der Waals surface area contributed by atoms with Crippen LogP contribution in [-0.2, 0) is 12.3 Å². The lowest BCUT2D eigenvalue weighted by Gasteiger charge is -2.10. The number of aryl methyl sites for hydroxylation is 3. The Morgan fingerprint density at radius 3 is 2.44 bits per heavy atom. The quantitative estimate of drug-likeness (QED) is 0.648. The summed E-state index contributed by atoms with van der Waals surface area (Å²) in [6, 6.07) is 6.54. The summed E-state index contributed by atoms with van der Waals surface area (Å²) in [5, 5.41) is 7.95. The fourth-order valence-electron chi connectivity index (χ4n) is 2.43. The summed E-state index contributed by atoms with van der Waals surface area (Å²) in [4.78, 5) is 4.31. The number of halogens is 2. The van der Waals surface area contributed by atoms with Crippen molar-refractivity contribution in [3.63, 3.8) is 0 Å². The number of hydrogen-bond acceptors (Lipinski definition) is 3. The van der Waals surface area contributed by atoms with Crippen LogP contribution in [-0.4, -0.2) is 19.6 Å². The minimum absolute atomic E-state index is 0.0989. The Bertz CT molecular complexity index is 885. The zero-order chi connectivity index (χ0) is 18.8. The van der Waals surface area contributed by atoms with Crippen molar-refractivity contribution in [1.29, 1.82) is 0 Å². The molecular formula is C18H23F2N4P. The van der Waals surface area contributed by atoms with E-state index in [0.29, 0.717) is 5.78 Å². The SMILES string of the molecule is CCc1cccc(C(C)(F)F)c1.Cc1c(P)nc2nnc(C)n2c1C. The van der Waals surface area contributed by atoms with Crippen molar-refractivity contribution in [2.45, 2.75) is 47.0 Å². The first-order valence-corrected chi connectivity index (χ1v) is 8.64. The van der Waals surface area contributed by atoms with Gasteiger partial charge < -0.3 is 0 Å². The second-order valence-corrected chi connectivity index (χ2v) is 6.58. The van der Waals surface area contributed by atoms with E-state index in [9.17, 15) is 8.78 Å². The molecule has 1 atom stereocenters. The van der Waals surface area contributed by atoms with Gasteiger partial charge in [-0.1, -0.05) is 34.4 Å². The smallest absolute Gasteiger partial charge is 0.268 e. The molecule has 0 saturated carbocycles. The van der Waals surface area contributed by atoms with Crippen LogP contribution in [0.4, 0.5) is 8.78 Å². The van der Waals surface area contributed by atoms with Crippen LogP contribution < -0.4 is 5.44 Å². The molecule has 2 aromatic heterocycles. The molecule has 0 amide bonds. The molecule has 0 aliphatic heterocycles. The molecule has 1 aromatic carbocycles. The number of rotatable bonds is 2. The number of benzene rings is 1. The maximum atomic E-state index is 12.8. The van der Waals surface area contributed by atoms with E-state index in [1.807, 2.05) is 38.2 Å². The maximum Gasteiger partial charge on any atom is 0.270 e. The van der Waals surface area contributed by atoms with Crippen LogP contribution >= 0.6 is 9.24 Å². The molecule has 3 rings (SSSR count). The van der Waals surface area contributed by atoms with Gasteiger partial charge in [-0.3, -0.25) is 4.40 Å². The second kappa shape index (κ2) is 7.52. The van der Waals surface area contributed by atoms with Gasteiger partial charge in [-0.25, -0.2) is 13.8 Å². The molecule has 0 aliphatic rings. The van der Waals surface area contributed by atoms with Gasteiger partial charge in [0.2, 0.25) is 0 Å². The molecule has 0 fully saturated rings. The molecule has 1 unspecified atom stereocenters. The lowest BCUT2D eigenvalue weighted by Crippen LogP contribution is -2.11. The third-order valence-electron chi connectivity index (χ3n) is 4.13. The Morgan fingerprint density at radius 1 is 1.16 bits per heavy atom. The van der Waals surface area contributed by atoms with Gasteiger partial charge in [-0.05, 0) is 44.4 Å². The van der Waals surface area contributed by atoms with Crippen molar-refractivity contribution in [1.82, 2.24) is 19.6 Å². The van der Waals surface area contributed by atoms with Crippen LogP contribution in [0.25, 0.3) is 5.78 Å². The van der Waals surface area contributed by atoms with Gasteiger partial charge in [0, 0.05) is 18.2 Å². The van der Waals surface area contributed by atoms with Crippen molar-refractivity contribution < 1.29 is 8.78 Å². The van der Waals surface area contributed by atoms with Gasteiger partial charge in [0.25, 0.3) is 11.7 Å². The van der Waals surface area contributed by atoms with Gasteiger partial charge in [0.15, 0.2) is 0 Å². The molecule has 4 nitrogen and oxygen atoms in total. The average Bonchev–Trinajstić information content (AvgIpc) is 2.93. The summed E-state index contributed by atoms with van der Waals surface area (Å²) in [6.07, 6.45) is 0.796. The van der Waals surface area contributed by atoms with Crippen LogP contribution in [0.15, 0.2) is 24.3 Å². The zero-order valence-corrected chi connectivity index (χ0v) is 16.3. The van der Waals surface area contributed by atoms with E-state index in [-0.39, 0.29) is 5.56 Å². The molecule has 2 heterocycles. The molecule has 0 radical (unpaired) electrons. The first-order chi connectivity index (χ1) is 11.6. The summed E-state index contributed by atoms with van der Waals surface area (Å²) in [5.41, 5.74) is 4.31. The molecular weight excluding hydrogens is 341 g/mol. The minimum atomic E-state index is -2.72. The molecule has 0 aliphatic carbocycles. The third-order valence-corrected chi connectivity index (χ3v) is 4.69. The summed E-state index contributed by atoms with van der Waals surface area (Å²) >= 11 is 0. The number of aromatic nitrogens is 4. The third kappa shape index (κ3) is 4.37. The highest BCUT2D eigenvalue weighted by Gasteiger charge is 2.23. The number of hydrogen-bond donors (Lipinski definition) is 0. The highest BCUT2D eigenvalue weighted by Crippen LogP contribution is 2.27. The Balaban J connectivity index is 0.000000181. The highest BCUT2D eigenvalue weighted by atomic mass is 31.0. The Kier molecular flexibility index (Phi) is 5.83. The number of nitrogens with zero attached hydrogens (tertiary/aromatic N) is 4. The van der Waals surface area contributed by atoms with E-state index in [1.54, 1.807) is 12.1 Å². The van der Waals surface area contributed by atoms with Crippen LogP contribution in [0.3, 0.4) is 0 Å². The molecule has 3 aromatic rings. The van der Waals surface area contributed by atoms with Gasteiger partial charge >= 0.3 is 0 Å². The van der Waals surface area contributed by atoms with Crippen molar-refractivity contribution in [3.05, 3.63) is 52.5 Å². The summed E-state index contributed by atoms with van der Waals surface area (Å²) in [7, 11) is 2.61. The Hall–Kier alpha value is -1.94. The highest BCUT2D eigenvalue weighted by molar-refractivity contribution is 7.27. The lowest BCUT2D eigenvalue weighted by atomic mass is 10.1. The Labute approximate surface area is 148 Å². The average molecular weight is 364 g/mol. The van der Waals surface area contributed by atoms with Gasteiger partial charge in [-0.2, -0.15) is 0 Å². The maximum absolute atomic E-state index is 12.8. The largest absolute Gasteiger partial charge is 0.270 e. The molecule has 134 valence electrons. The predicted octanol–water partition coefficient (Wildman–Crippen LogP) is 3.91. The van der Waals surface area contributed by atoms with Gasteiger partial charge in [0.1, 0.15) is 5.82 Å². The second-order valence-electron chi connectivity index (χ2n) is 6.03. The minimum Gasteiger partial charge on any atom is -0.268 e. The summed E-state index contributed by atoms with van der Waals surface area (Å²) < 4.78 is 27.5. The van der Waals surface area contributed by atoms with Gasteiger partial charge in [-0.15, -0.1) is 10.2 Å².